The minimum absolute atomic E-state index is 0.0769. The van der Waals surface area contributed by atoms with E-state index in [1.807, 2.05) is 44.4 Å². The van der Waals surface area contributed by atoms with Crippen molar-refractivity contribution in [2.24, 2.45) is 0 Å². The normalized spacial score (nSPS) is 16.1. The molecule has 2 aromatic heterocycles. The molecule has 0 bridgehead atoms. The Morgan fingerprint density at radius 3 is 2.53 bits per heavy atom. The number of rotatable bonds is 10. The van der Waals surface area contributed by atoms with Crippen LogP contribution in [0.3, 0.4) is 0 Å². The molecular formula is C30H38ClN5O2. The highest BCUT2D eigenvalue weighted by molar-refractivity contribution is 6.29. The van der Waals surface area contributed by atoms with Crippen LogP contribution < -0.4 is 15.4 Å². The zero-order chi connectivity index (χ0) is 27.1. The van der Waals surface area contributed by atoms with Crippen molar-refractivity contribution in [1.29, 1.82) is 0 Å². The summed E-state index contributed by atoms with van der Waals surface area (Å²) in [6.45, 7) is 8.63. The lowest BCUT2D eigenvalue weighted by Gasteiger charge is -2.38. The first kappa shape index (κ1) is 28.0. The van der Waals surface area contributed by atoms with Crippen molar-refractivity contribution in [3.63, 3.8) is 0 Å². The molecule has 0 aliphatic carbocycles. The highest BCUT2D eigenvalue weighted by Crippen LogP contribution is 2.26. The van der Waals surface area contributed by atoms with E-state index in [1.165, 1.54) is 5.56 Å². The van der Waals surface area contributed by atoms with Gasteiger partial charge in [0.15, 0.2) is 0 Å². The van der Waals surface area contributed by atoms with Crippen LogP contribution in [0.5, 0.6) is 5.75 Å². The number of amides is 1. The summed E-state index contributed by atoms with van der Waals surface area (Å²) >= 11 is 6.01. The summed E-state index contributed by atoms with van der Waals surface area (Å²) in [5, 5.41) is 7.39. The molecule has 2 atom stereocenters. The Bertz CT molecular complexity index is 1170. The first-order valence-corrected chi connectivity index (χ1v) is 13.7. The Morgan fingerprint density at radius 1 is 1.16 bits per heavy atom. The Kier molecular flexibility index (Phi) is 9.72. The van der Waals surface area contributed by atoms with Gasteiger partial charge in [0.1, 0.15) is 10.9 Å². The molecule has 1 aliphatic heterocycles. The van der Waals surface area contributed by atoms with E-state index >= 15 is 0 Å². The monoisotopic (exact) mass is 535 g/mol. The summed E-state index contributed by atoms with van der Waals surface area (Å²) in [5.74, 6) is 0.770. The molecule has 2 N–H and O–H groups in total. The van der Waals surface area contributed by atoms with E-state index < -0.39 is 0 Å². The lowest BCUT2D eigenvalue weighted by atomic mass is 9.96. The maximum absolute atomic E-state index is 12.7. The summed E-state index contributed by atoms with van der Waals surface area (Å²) in [5.41, 5.74) is 4.49. The SMILES string of the molecule is COc1ccc(C(NC2CCN(C(C)CCNC(=O)c3c(C)cc(Cl)nc3C)CC2)c2cccnc2)cc1. The van der Waals surface area contributed by atoms with Crippen molar-refractivity contribution in [1.82, 2.24) is 25.5 Å². The summed E-state index contributed by atoms with van der Waals surface area (Å²) in [4.78, 5) is 23.9. The summed E-state index contributed by atoms with van der Waals surface area (Å²) in [7, 11) is 1.69. The van der Waals surface area contributed by atoms with Gasteiger partial charge >= 0.3 is 0 Å². The molecule has 3 aromatic rings. The van der Waals surface area contributed by atoms with Gasteiger partial charge in [-0.3, -0.25) is 9.78 Å². The predicted molar refractivity (Wildman–Crippen MR) is 152 cm³/mol. The molecule has 1 aromatic carbocycles. The molecule has 8 heteroatoms. The number of hydrogen-bond acceptors (Lipinski definition) is 6. The fourth-order valence-corrected chi connectivity index (χ4v) is 5.55. The number of likely N-dealkylation sites (tertiary alicyclic amines) is 1. The van der Waals surface area contributed by atoms with Crippen molar-refractivity contribution < 1.29 is 9.53 Å². The highest BCUT2D eigenvalue weighted by Gasteiger charge is 2.26. The lowest BCUT2D eigenvalue weighted by Crippen LogP contribution is -2.47. The average molecular weight is 536 g/mol. The Hall–Kier alpha value is -3.00. The van der Waals surface area contributed by atoms with E-state index in [4.69, 9.17) is 16.3 Å². The van der Waals surface area contributed by atoms with Crippen LogP contribution in [0.2, 0.25) is 5.15 Å². The molecule has 0 radical (unpaired) electrons. The number of nitrogens with zero attached hydrogens (tertiary/aromatic N) is 3. The van der Waals surface area contributed by atoms with Crippen molar-refractivity contribution in [2.45, 2.75) is 58.2 Å². The number of ether oxygens (including phenoxy) is 1. The lowest BCUT2D eigenvalue weighted by molar-refractivity contribution is 0.0942. The van der Waals surface area contributed by atoms with Gasteiger partial charge in [0.05, 0.1) is 24.4 Å². The molecule has 1 amide bonds. The number of carbonyl (C=O) groups excluding carboxylic acids is 1. The number of carbonyl (C=O) groups is 1. The van der Waals surface area contributed by atoms with E-state index in [2.05, 4.69) is 50.6 Å². The molecule has 0 saturated carbocycles. The smallest absolute Gasteiger partial charge is 0.253 e. The van der Waals surface area contributed by atoms with Gasteiger partial charge in [-0.1, -0.05) is 29.8 Å². The third-order valence-electron chi connectivity index (χ3n) is 7.46. The topological polar surface area (TPSA) is 79.4 Å². The largest absolute Gasteiger partial charge is 0.497 e. The molecule has 3 heterocycles. The van der Waals surface area contributed by atoms with Crippen LogP contribution in [-0.4, -0.2) is 59.6 Å². The van der Waals surface area contributed by atoms with Crippen LogP contribution in [0.15, 0.2) is 54.9 Å². The second-order valence-corrected chi connectivity index (χ2v) is 10.5. The maximum atomic E-state index is 12.7. The van der Waals surface area contributed by atoms with Gasteiger partial charge in [-0.15, -0.1) is 0 Å². The quantitative estimate of drug-likeness (QED) is 0.351. The molecule has 1 fully saturated rings. The molecule has 1 saturated heterocycles. The second kappa shape index (κ2) is 13.2. The van der Waals surface area contributed by atoms with Crippen LogP contribution in [0.1, 0.15) is 65.0 Å². The summed E-state index contributed by atoms with van der Waals surface area (Å²) in [6.07, 6.45) is 6.78. The molecule has 0 spiro atoms. The van der Waals surface area contributed by atoms with Crippen LogP contribution >= 0.6 is 11.6 Å². The van der Waals surface area contributed by atoms with Gasteiger partial charge in [0.2, 0.25) is 0 Å². The van der Waals surface area contributed by atoms with Gasteiger partial charge in [0.25, 0.3) is 5.91 Å². The van der Waals surface area contributed by atoms with Crippen LogP contribution in [-0.2, 0) is 0 Å². The number of nitrogens with one attached hydrogen (secondary N) is 2. The molecular weight excluding hydrogens is 498 g/mol. The number of benzene rings is 1. The maximum Gasteiger partial charge on any atom is 0.253 e. The Morgan fingerprint density at radius 2 is 1.89 bits per heavy atom. The minimum atomic E-state index is -0.0840. The number of halogens is 1. The average Bonchev–Trinajstić information content (AvgIpc) is 2.92. The number of pyridine rings is 2. The van der Waals surface area contributed by atoms with Gasteiger partial charge in [0, 0.05) is 31.0 Å². The van der Waals surface area contributed by atoms with Gasteiger partial charge < -0.3 is 20.3 Å². The van der Waals surface area contributed by atoms with E-state index in [9.17, 15) is 4.79 Å². The third kappa shape index (κ3) is 7.10. The van der Waals surface area contributed by atoms with Crippen molar-refractivity contribution in [3.05, 3.63) is 88.0 Å². The van der Waals surface area contributed by atoms with Crippen molar-refractivity contribution in [3.8, 4) is 5.75 Å². The molecule has 1 aliphatic rings. The summed E-state index contributed by atoms with van der Waals surface area (Å²) in [6, 6.07) is 15.0. The van der Waals surface area contributed by atoms with Crippen LogP contribution in [0.4, 0.5) is 0 Å². The number of methoxy groups -OCH3 is 1. The molecule has 38 heavy (non-hydrogen) atoms. The Labute approximate surface area is 231 Å². The van der Waals surface area contributed by atoms with E-state index in [1.54, 1.807) is 13.2 Å². The van der Waals surface area contributed by atoms with Gasteiger partial charge in [-0.05, 0) is 94.1 Å². The number of aryl methyl sites for hydroxylation is 2. The van der Waals surface area contributed by atoms with E-state index in [0.29, 0.717) is 35.0 Å². The molecule has 202 valence electrons. The number of aromatic nitrogens is 2. The van der Waals surface area contributed by atoms with E-state index in [-0.39, 0.29) is 11.9 Å². The standard InChI is InChI=1S/C30H38ClN5O2/c1-20-18-27(31)34-22(3)28(20)30(37)33-15-11-21(2)36-16-12-25(13-17-36)35-29(24-6-5-14-32-19-24)23-7-9-26(38-4)10-8-23/h5-10,14,18-19,21,25,29,35H,11-13,15-17H2,1-4H3,(H,33,37). The molecule has 4 rings (SSSR count). The highest BCUT2D eigenvalue weighted by atomic mass is 35.5. The summed E-state index contributed by atoms with van der Waals surface area (Å²) < 4.78 is 5.35. The minimum Gasteiger partial charge on any atom is -0.497 e. The first-order valence-electron chi connectivity index (χ1n) is 13.3. The molecule has 7 nitrogen and oxygen atoms in total. The van der Waals surface area contributed by atoms with Crippen molar-refractivity contribution >= 4 is 17.5 Å². The molecule has 2 unspecified atom stereocenters. The van der Waals surface area contributed by atoms with Gasteiger partial charge in [-0.2, -0.15) is 0 Å². The zero-order valence-electron chi connectivity index (χ0n) is 22.7. The van der Waals surface area contributed by atoms with Crippen molar-refractivity contribution in [2.75, 3.05) is 26.7 Å². The number of hydrogen-bond donors (Lipinski definition) is 2. The first-order chi connectivity index (χ1) is 18.4. The fraction of sp³-hybridized carbons (Fsp3) is 0.433. The predicted octanol–water partition coefficient (Wildman–Crippen LogP) is 5.11. The third-order valence-corrected chi connectivity index (χ3v) is 7.66. The Balaban J connectivity index is 1.28. The van der Waals surface area contributed by atoms with Crippen LogP contribution in [0, 0.1) is 13.8 Å². The van der Waals surface area contributed by atoms with Crippen LogP contribution in [0.25, 0.3) is 0 Å². The number of piperidine rings is 1. The fourth-order valence-electron chi connectivity index (χ4n) is 5.26. The zero-order valence-corrected chi connectivity index (χ0v) is 23.5. The second-order valence-electron chi connectivity index (χ2n) is 10.1. The van der Waals surface area contributed by atoms with E-state index in [0.717, 1.165) is 49.2 Å². The van der Waals surface area contributed by atoms with Gasteiger partial charge in [-0.25, -0.2) is 4.98 Å².